The van der Waals surface area contributed by atoms with E-state index in [4.69, 9.17) is 16.3 Å². The number of aromatic carboxylic acids is 1. The van der Waals surface area contributed by atoms with Gasteiger partial charge in [-0.2, -0.15) is 0 Å². The second-order valence-electron chi connectivity index (χ2n) is 5.14. The predicted molar refractivity (Wildman–Crippen MR) is 81.1 cm³/mol. The van der Waals surface area contributed by atoms with Crippen LogP contribution in [-0.2, 0) is 0 Å². The molecule has 2 aromatic rings. The van der Waals surface area contributed by atoms with Crippen LogP contribution in [0.3, 0.4) is 0 Å². The van der Waals surface area contributed by atoms with Gasteiger partial charge >= 0.3 is 5.97 Å². The molecule has 1 heterocycles. The first-order valence-electron chi connectivity index (χ1n) is 9.26. The van der Waals surface area contributed by atoms with Gasteiger partial charge < -0.3 is 19.1 Å². The van der Waals surface area contributed by atoms with Gasteiger partial charge in [-0.3, -0.25) is 4.79 Å². The molecular formula is C16H16FNO5. The largest absolute Gasteiger partial charge is 0.491 e. The third-order valence-corrected chi connectivity index (χ3v) is 3.71. The lowest BCUT2D eigenvalue weighted by molar-refractivity contribution is 0.0695. The number of carboxylic acids is 1. The highest BCUT2D eigenvalue weighted by Crippen LogP contribution is 2.43. The number of aromatic nitrogens is 1. The average Bonchev–Trinajstić information content (AvgIpc) is 3.40. The normalized spacial score (nSPS) is 18.4. The molecule has 1 fully saturated rings. The minimum Gasteiger partial charge on any atom is -0.491 e. The summed E-state index contributed by atoms with van der Waals surface area (Å²) >= 11 is 0. The van der Waals surface area contributed by atoms with Crippen LogP contribution in [0.4, 0.5) is 4.39 Å². The fourth-order valence-electron chi connectivity index (χ4n) is 2.56. The molecule has 0 spiro atoms. The summed E-state index contributed by atoms with van der Waals surface area (Å²) < 4.78 is 63.0. The lowest BCUT2D eigenvalue weighted by Crippen LogP contribution is -2.19. The number of carboxylic acid groups (broad SMARTS) is 1. The molecule has 0 amide bonds. The van der Waals surface area contributed by atoms with E-state index in [-0.39, 0.29) is 22.7 Å². The SMILES string of the molecule is [2H]C([2H])([2H])C([2H])([2H])Oc1c(F)cc2c(=O)c(C(=O)O)cn(C3CC3)c2c1OC. The minimum absolute atomic E-state index is 0.0118. The summed E-state index contributed by atoms with van der Waals surface area (Å²) in [6, 6.07) is 0.545. The second kappa shape index (κ2) is 5.57. The molecule has 7 heteroatoms. The van der Waals surface area contributed by atoms with Gasteiger partial charge in [-0.25, -0.2) is 9.18 Å². The van der Waals surface area contributed by atoms with E-state index in [1.807, 2.05) is 0 Å². The lowest BCUT2D eigenvalue weighted by Gasteiger charge is -2.17. The smallest absolute Gasteiger partial charge is 0.341 e. The van der Waals surface area contributed by atoms with Crippen molar-refractivity contribution in [1.82, 2.24) is 4.57 Å². The zero-order chi connectivity index (χ0) is 21.0. The Morgan fingerprint density at radius 3 is 2.87 bits per heavy atom. The molecule has 0 saturated heterocycles. The molecule has 122 valence electrons. The third-order valence-electron chi connectivity index (χ3n) is 3.71. The Bertz CT molecular complexity index is 1030. The number of fused-ring (bicyclic) bond motifs is 1. The Morgan fingerprint density at radius 2 is 2.30 bits per heavy atom. The van der Waals surface area contributed by atoms with Gasteiger partial charge in [0.25, 0.3) is 0 Å². The summed E-state index contributed by atoms with van der Waals surface area (Å²) in [5.41, 5.74) is -1.48. The van der Waals surface area contributed by atoms with E-state index in [1.54, 1.807) is 0 Å². The number of carbonyl (C=O) groups is 1. The third kappa shape index (κ3) is 2.42. The van der Waals surface area contributed by atoms with E-state index >= 15 is 0 Å². The molecule has 1 aliphatic rings. The van der Waals surface area contributed by atoms with Crippen molar-refractivity contribution in [3.05, 3.63) is 33.9 Å². The van der Waals surface area contributed by atoms with Crippen molar-refractivity contribution >= 4 is 16.9 Å². The number of nitrogens with zero attached hydrogens (tertiary/aromatic N) is 1. The van der Waals surface area contributed by atoms with Crippen LogP contribution < -0.4 is 14.9 Å². The molecule has 0 unspecified atom stereocenters. The highest BCUT2D eigenvalue weighted by atomic mass is 19.1. The summed E-state index contributed by atoms with van der Waals surface area (Å²) in [6.07, 6.45) is 2.49. The molecule has 1 aromatic heterocycles. The predicted octanol–water partition coefficient (Wildman–Crippen LogP) is 2.58. The fourth-order valence-corrected chi connectivity index (χ4v) is 2.56. The van der Waals surface area contributed by atoms with Crippen molar-refractivity contribution in [2.75, 3.05) is 13.7 Å². The average molecular weight is 326 g/mol. The monoisotopic (exact) mass is 326 g/mol. The molecule has 1 aliphatic carbocycles. The number of benzene rings is 1. The van der Waals surface area contributed by atoms with Crippen LogP contribution in [0.1, 0.15) is 42.9 Å². The van der Waals surface area contributed by atoms with Crippen LogP contribution in [0, 0.1) is 5.82 Å². The Balaban J connectivity index is 2.36. The van der Waals surface area contributed by atoms with E-state index in [0.717, 1.165) is 13.3 Å². The van der Waals surface area contributed by atoms with Crippen LogP contribution in [0.2, 0.25) is 0 Å². The number of rotatable bonds is 5. The van der Waals surface area contributed by atoms with Crippen molar-refractivity contribution in [2.45, 2.75) is 25.7 Å². The molecular weight excluding hydrogens is 305 g/mol. The molecule has 0 radical (unpaired) electrons. The number of hydrogen-bond donors (Lipinski definition) is 1. The van der Waals surface area contributed by atoms with Crippen LogP contribution in [0.15, 0.2) is 17.1 Å². The van der Waals surface area contributed by atoms with Crippen molar-refractivity contribution in [2.24, 2.45) is 0 Å². The van der Waals surface area contributed by atoms with Crippen LogP contribution in [-0.4, -0.2) is 29.3 Å². The van der Waals surface area contributed by atoms with E-state index < -0.39 is 41.9 Å². The van der Waals surface area contributed by atoms with Crippen LogP contribution in [0.25, 0.3) is 10.9 Å². The zero-order valence-corrected chi connectivity index (χ0v) is 12.1. The quantitative estimate of drug-likeness (QED) is 0.914. The Morgan fingerprint density at radius 1 is 1.57 bits per heavy atom. The van der Waals surface area contributed by atoms with Gasteiger partial charge in [0.2, 0.25) is 5.43 Å². The first kappa shape index (κ1) is 10.3. The highest BCUT2D eigenvalue weighted by Gasteiger charge is 2.30. The summed E-state index contributed by atoms with van der Waals surface area (Å²) in [5, 5.41) is 8.98. The van der Waals surface area contributed by atoms with Gasteiger partial charge in [0.15, 0.2) is 17.3 Å². The highest BCUT2D eigenvalue weighted by molar-refractivity contribution is 5.95. The van der Waals surface area contributed by atoms with Gasteiger partial charge in [-0.05, 0) is 25.8 Å². The molecule has 1 N–H and O–H groups in total. The van der Waals surface area contributed by atoms with E-state index in [2.05, 4.69) is 0 Å². The van der Waals surface area contributed by atoms with Crippen LogP contribution >= 0.6 is 0 Å². The summed E-state index contributed by atoms with van der Waals surface area (Å²) in [7, 11) is 1.12. The van der Waals surface area contributed by atoms with E-state index in [1.165, 1.54) is 4.57 Å². The Hall–Kier alpha value is -2.57. The maximum atomic E-state index is 14.7. The molecule has 0 atom stereocenters. The molecule has 3 rings (SSSR count). The Kier molecular flexibility index (Phi) is 2.48. The van der Waals surface area contributed by atoms with Gasteiger partial charge in [-0.1, -0.05) is 0 Å². The fraction of sp³-hybridized carbons (Fsp3) is 0.375. The lowest BCUT2D eigenvalue weighted by atomic mass is 10.1. The molecule has 0 aliphatic heterocycles. The van der Waals surface area contributed by atoms with Crippen molar-refractivity contribution in [1.29, 1.82) is 0 Å². The van der Waals surface area contributed by atoms with Gasteiger partial charge in [0.05, 0.1) is 27.3 Å². The molecule has 6 nitrogen and oxygen atoms in total. The molecule has 23 heavy (non-hydrogen) atoms. The van der Waals surface area contributed by atoms with Crippen LogP contribution in [0.5, 0.6) is 11.5 Å². The number of halogens is 1. The first-order chi connectivity index (χ1) is 12.9. The molecule has 1 saturated carbocycles. The maximum Gasteiger partial charge on any atom is 0.341 e. The maximum absolute atomic E-state index is 14.7. The number of ether oxygens (including phenoxy) is 2. The molecule has 1 aromatic carbocycles. The summed E-state index contributed by atoms with van der Waals surface area (Å²) in [6.45, 7) is -6.46. The summed E-state index contributed by atoms with van der Waals surface area (Å²) in [4.78, 5) is 23.9. The van der Waals surface area contributed by atoms with Crippen molar-refractivity contribution in [3.8, 4) is 11.5 Å². The van der Waals surface area contributed by atoms with Gasteiger partial charge in [-0.15, -0.1) is 0 Å². The van der Waals surface area contributed by atoms with Crippen molar-refractivity contribution in [3.63, 3.8) is 0 Å². The molecule has 0 bridgehead atoms. The van der Waals surface area contributed by atoms with Gasteiger partial charge in [0, 0.05) is 16.4 Å². The minimum atomic E-state index is -3.24. The van der Waals surface area contributed by atoms with Gasteiger partial charge in [0.1, 0.15) is 5.56 Å². The van der Waals surface area contributed by atoms with E-state index in [0.29, 0.717) is 18.9 Å². The zero-order valence-electron chi connectivity index (χ0n) is 17.1. The Labute approximate surface area is 138 Å². The van der Waals surface area contributed by atoms with E-state index in [9.17, 15) is 19.1 Å². The van der Waals surface area contributed by atoms with Crippen molar-refractivity contribution < 1.29 is 30.6 Å². The number of methoxy groups -OCH3 is 1. The number of pyridine rings is 1. The summed E-state index contributed by atoms with van der Waals surface area (Å²) in [5.74, 6) is -3.92. The standard InChI is InChI=1S/C16H16FNO5/c1-3-23-14-11(17)6-9-12(15(14)22-2)18(8-4-5-8)7-10(13(9)19)16(20)21/h6-8H,3-5H2,1-2H3,(H,20,21)/i1D3,3D2. The second-order valence-corrected chi connectivity index (χ2v) is 5.14. The first-order valence-corrected chi connectivity index (χ1v) is 6.76. The number of hydrogen-bond acceptors (Lipinski definition) is 4. The topological polar surface area (TPSA) is 77.8 Å².